The fraction of sp³-hybridized carbons (Fsp3) is 0.400. The third-order valence-corrected chi connectivity index (χ3v) is 3.40. The SMILES string of the molecule is CCS(=O)Cc1cccc(N)c1C. The van der Waals surface area contributed by atoms with E-state index in [2.05, 4.69) is 0 Å². The van der Waals surface area contributed by atoms with Gasteiger partial charge in [-0.05, 0) is 24.1 Å². The van der Waals surface area contributed by atoms with Crippen molar-refractivity contribution < 1.29 is 4.21 Å². The molecule has 0 fully saturated rings. The maximum Gasteiger partial charge on any atom is 0.0488 e. The monoisotopic (exact) mass is 197 g/mol. The number of anilines is 1. The summed E-state index contributed by atoms with van der Waals surface area (Å²) >= 11 is 0. The van der Waals surface area contributed by atoms with E-state index in [9.17, 15) is 4.21 Å². The van der Waals surface area contributed by atoms with E-state index >= 15 is 0 Å². The first-order chi connectivity index (χ1) is 6.15. The molecule has 0 heterocycles. The molecule has 2 N–H and O–H groups in total. The highest BCUT2D eigenvalue weighted by atomic mass is 32.2. The molecule has 0 saturated carbocycles. The van der Waals surface area contributed by atoms with Crippen molar-refractivity contribution in [2.75, 3.05) is 11.5 Å². The molecule has 0 radical (unpaired) electrons. The summed E-state index contributed by atoms with van der Waals surface area (Å²) in [6.07, 6.45) is 0. The second-order valence-electron chi connectivity index (χ2n) is 3.00. The maximum absolute atomic E-state index is 11.3. The Labute approximate surface area is 81.6 Å². The third kappa shape index (κ3) is 2.56. The van der Waals surface area contributed by atoms with Gasteiger partial charge in [0.25, 0.3) is 0 Å². The van der Waals surface area contributed by atoms with E-state index < -0.39 is 10.8 Å². The Morgan fingerprint density at radius 1 is 1.46 bits per heavy atom. The predicted octanol–water partition coefficient (Wildman–Crippen LogP) is 1.85. The van der Waals surface area contributed by atoms with Gasteiger partial charge < -0.3 is 5.73 Å². The topological polar surface area (TPSA) is 43.1 Å². The molecule has 13 heavy (non-hydrogen) atoms. The first-order valence-electron chi connectivity index (χ1n) is 4.34. The van der Waals surface area contributed by atoms with Gasteiger partial charge in [0, 0.05) is 28.0 Å². The lowest BCUT2D eigenvalue weighted by atomic mass is 10.1. The minimum absolute atomic E-state index is 0.618. The maximum atomic E-state index is 11.3. The quantitative estimate of drug-likeness (QED) is 0.751. The number of nitrogen functional groups attached to an aromatic ring is 1. The van der Waals surface area contributed by atoms with Crippen molar-refractivity contribution in [3.05, 3.63) is 29.3 Å². The van der Waals surface area contributed by atoms with Crippen molar-refractivity contribution in [3.8, 4) is 0 Å². The van der Waals surface area contributed by atoms with Crippen LogP contribution in [0.25, 0.3) is 0 Å². The van der Waals surface area contributed by atoms with Crippen LogP contribution >= 0.6 is 0 Å². The lowest BCUT2D eigenvalue weighted by Crippen LogP contribution is -2.01. The zero-order valence-electron chi connectivity index (χ0n) is 8.04. The Morgan fingerprint density at radius 3 is 2.77 bits per heavy atom. The zero-order valence-corrected chi connectivity index (χ0v) is 8.86. The van der Waals surface area contributed by atoms with Crippen molar-refractivity contribution in [2.45, 2.75) is 19.6 Å². The van der Waals surface area contributed by atoms with E-state index in [1.807, 2.05) is 32.0 Å². The van der Waals surface area contributed by atoms with E-state index in [0.717, 1.165) is 16.8 Å². The molecule has 3 heteroatoms. The van der Waals surface area contributed by atoms with E-state index in [-0.39, 0.29) is 0 Å². The Morgan fingerprint density at radius 2 is 2.15 bits per heavy atom. The summed E-state index contributed by atoms with van der Waals surface area (Å²) < 4.78 is 11.3. The summed E-state index contributed by atoms with van der Waals surface area (Å²) in [6, 6.07) is 5.76. The second kappa shape index (κ2) is 4.42. The van der Waals surface area contributed by atoms with Crippen LogP contribution in [-0.2, 0) is 16.6 Å². The van der Waals surface area contributed by atoms with Gasteiger partial charge in [0.15, 0.2) is 0 Å². The number of benzene rings is 1. The van der Waals surface area contributed by atoms with E-state index in [0.29, 0.717) is 11.5 Å². The van der Waals surface area contributed by atoms with E-state index in [1.165, 1.54) is 0 Å². The summed E-state index contributed by atoms with van der Waals surface area (Å²) in [4.78, 5) is 0. The van der Waals surface area contributed by atoms with Gasteiger partial charge in [-0.2, -0.15) is 0 Å². The lowest BCUT2D eigenvalue weighted by Gasteiger charge is -2.06. The standard InChI is InChI=1S/C10H15NOS/c1-3-13(12)7-9-5-4-6-10(11)8(9)2/h4-6H,3,7,11H2,1-2H3. The van der Waals surface area contributed by atoms with Crippen molar-refractivity contribution >= 4 is 16.5 Å². The first kappa shape index (κ1) is 10.3. The molecular weight excluding hydrogens is 182 g/mol. The molecule has 1 unspecified atom stereocenters. The summed E-state index contributed by atoms with van der Waals surface area (Å²) in [5.41, 5.74) is 8.68. The highest BCUT2D eigenvalue weighted by Gasteiger charge is 2.03. The molecule has 0 bridgehead atoms. The van der Waals surface area contributed by atoms with Crippen LogP contribution in [0.1, 0.15) is 18.1 Å². The van der Waals surface area contributed by atoms with Gasteiger partial charge in [-0.1, -0.05) is 19.1 Å². The minimum atomic E-state index is -0.752. The van der Waals surface area contributed by atoms with Crippen LogP contribution in [0.4, 0.5) is 5.69 Å². The summed E-state index contributed by atoms with van der Waals surface area (Å²) in [5.74, 6) is 1.32. The van der Waals surface area contributed by atoms with Gasteiger partial charge in [0.1, 0.15) is 0 Å². The molecule has 0 amide bonds. The van der Waals surface area contributed by atoms with Gasteiger partial charge in [0.2, 0.25) is 0 Å². The highest BCUT2D eigenvalue weighted by molar-refractivity contribution is 7.84. The molecular formula is C10H15NOS. The average Bonchev–Trinajstić information content (AvgIpc) is 2.13. The zero-order chi connectivity index (χ0) is 9.84. The molecule has 0 aliphatic heterocycles. The normalized spacial score (nSPS) is 12.8. The molecule has 0 aliphatic rings. The van der Waals surface area contributed by atoms with Crippen molar-refractivity contribution in [2.24, 2.45) is 0 Å². The number of hydrogen-bond donors (Lipinski definition) is 1. The molecule has 0 aliphatic carbocycles. The highest BCUT2D eigenvalue weighted by Crippen LogP contribution is 2.16. The Balaban J connectivity index is 2.89. The van der Waals surface area contributed by atoms with Crippen LogP contribution in [0.2, 0.25) is 0 Å². The van der Waals surface area contributed by atoms with Crippen LogP contribution in [0, 0.1) is 6.92 Å². The van der Waals surface area contributed by atoms with Crippen molar-refractivity contribution in [1.82, 2.24) is 0 Å². The van der Waals surface area contributed by atoms with Gasteiger partial charge in [-0.25, -0.2) is 0 Å². The fourth-order valence-electron chi connectivity index (χ4n) is 1.14. The van der Waals surface area contributed by atoms with Gasteiger partial charge in [-0.3, -0.25) is 4.21 Å². The summed E-state index contributed by atoms with van der Waals surface area (Å²) in [5, 5.41) is 0. The van der Waals surface area contributed by atoms with Crippen molar-refractivity contribution in [1.29, 1.82) is 0 Å². The van der Waals surface area contributed by atoms with Crippen LogP contribution in [-0.4, -0.2) is 9.96 Å². The lowest BCUT2D eigenvalue weighted by molar-refractivity contribution is 0.683. The van der Waals surface area contributed by atoms with Crippen LogP contribution in [0.15, 0.2) is 18.2 Å². The predicted molar refractivity (Wildman–Crippen MR) is 58.0 cm³/mol. The Hall–Kier alpha value is -0.830. The number of hydrogen-bond acceptors (Lipinski definition) is 2. The number of nitrogens with two attached hydrogens (primary N) is 1. The fourth-order valence-corrected chi connectivity index (χ4v) is 2.00. The molecule has 2 nitrogen and oxygen atoms in total. The van der Waals surface area contributed by atoms with E-state index in [4.69, 9.17) is 5.73 Å². The summed E-state index contributed by atoms with van der Waals surface area (Å²) in [6.45, 7) is 3.90. The largest absolute Gasteiger partial charge is 0.399 e. The molecule has 1 rings (SSSR count). The Bertz CT molecular complexity index is 323. The summed E-state index contributed by atoms with van der Waals surface area (Å²) in [7, 11) is -0.752. The molecule has 72 valence electrons. The molecule has 0 saturated heterocycles. The van der Waals surface area contributed by atoms with Gasteiger partial charge in [0.05, 0.1) is 0 Å². The number of rotatable bonds is 3. The third-order valence-electron chi connectivity index (χ3n) is 2.13. The van der Waals surface area contributed by atoms with Gasteiger partial charge >= 0.3 is 0 Å². The molecule has 0 aromatic heterocycles. The van der Waals surface area contributed by atoms with Crippen molar-refractivity contribution in [3.63, 3.8) is 0 Å². The van der Waals surface area contributed by atoms with Crippen LogP contribution < -0.4 is 5.73 Å². The smallest absolute Gasteiger partial charge is 0.0488 e. The molecule has 1 aromatic rings. The molecule has 1 aromatic carbocycles. The molecule has 1 atom stereocenters. The minimum Gasteiger partial charge on any atom is -0.399 e. The average molecular weight is 197 g/mol. The van der Waals surface area contributed by atoms with Crippen LogP contribution in [0.3, 0.4) is 0 Å². The van der Waals surface area contributed by atoms with Gasteiger partial charge in [-0.15, -0.1) is 0 Å². The van der Waals surface area contributed by atoms with E-state index in [1.54, 1.807) is 0 Å². The first-order valence-corrected chi connectivity index (χ1v) is 5.83. The Kier molecular flexibility index (Phi) is 3.48. The second-order valence-corrected chi connectivity index (χ2v) is 4.75. The van der Waals surface area contributed by atoms with Crippen LogP contribution in [0.5, 0.6) is 0 Å². The molecule has 0 spiro atoms.